The number of benzene rings is 3. The van der Waals surface area contributed by atoms with Crippen LogP contribution in [0.3, 0.4) is 0 Å². The number of hydrogen-bond donors (Lipinski definition) is 1. The van der Waals surface area contributed by atoms with E-state index in [1.165, 1.54) is 16.9 Å². The van der Waals surface area contributed by atoms with Gasteiger partial charge in [-0.15, -0.1) is 11.3 Å². The van der Waals surface area contributed by atoms with E-state index in [1.807, 2.05) is 60.0 Å². The van der Waals surface area contributed by atoms with Crippen LogP contribution in [-0.4, -0.2) is 11.2 Å². The summed E-state index contributed by atoms with van der Waals surface area (Å²) in [6, 6.07) is 26.3. The number of nitrogens with one attached hydrogen (secondary N) is 1. The van der Waals surface area contributed by atoms with Crippen LogP contribution in [0.25, 0.3) is 11.3 Å². The van der Waals surface area contributed by atoms with E-state index in [0.29, 0.717) is 6.61 Å². The van der Waals surface area contributed by atoms with Gasteiger partial charge in [0, 0.05) is 16.5 Å². The van der Waals surface area contributed by atoms with E-state index in [9.17, 15) is 0 Å². The number of thiazole rings is 1. The average Bonchev–Trinajstić information content (AvgIpc) is 3.23. The summed E-state index contributed by atoms with van der Waals surface area (Å²) in [6.45, 7) is 2.60. The SMILES string of the molecule is Cc1ccc(-c2csc(N/N=C/c3ccccc3OCc3ccccc3)n2)cc1. The predicted molar refractivity (Wildman–Crippen MR) is 121 cm³/mol. The number of ether oxygens (including phenoxy) is 1. The van der Waals surface area contributed by atoms with Gasteiger partial charge in [0.25, 0.3) is 0 Å². The highest BCUT2D eigenvalue weighted by Gasteiger charge is 2.04. The number of aryl methyl sites for hydroxylation is 1. The molecule has 1 N–H and O–H groups in total. The molecule has 1 aromatic heterocycles. The van der Waals surface area contributed by atoms with Crippen molar-refractivity contribution in [1.29, 1.82) is 0 Å². The minimum Gasteiger partial charge on any atom is -0.488 e. The molecule has 1 heterocycles. The number of rotatable bonds is 7. The smallest absolute Gasteiger partial charge is 0.203 e. The van der Waals surface area contributed by atoms with Crippen LogP contribution in [0.1, 0.15) is 16.7 Å². The van der Waals surface area contributed by atoms with E-state index in [2.05, 4.69) is 46.7 Å². The Bertz CT molecular complexity index is 1090. The highest BCUT2D eigenvalue weighted by Crippen LogP contribution is 2.25. The molecule has 0 aliphatic carbocycles. The summed E-state index contributed by atoms with van der Waals surface area (Å²) in [5, 5.41) is 7.12. The van der Waals surface area contributed by atoms with Crippen molar-refractivity contribution < 1.29 is 4.74 Å². The van der Waals surface area contributed by atoms with Gasteiger partial charge in [0.2, 0.25) is 5.13 Å². The van der Waals surface area contributed by atoms with Gasteiger partial charge in [-0.1, -0.05) is 72.3 Å². The first kappa shape index (κ1) is 18.9. The Morgan fingerprint density at radius 2 is 1.72 bits per heavy atom. The van der Waals surface area contributed by atoms with E-state index in [-0.39, 0.29) is 0 Å². The summed E-state index contributed by atoms with van der Waals surface area (Å²) < 4.78 is 5.97. The Hall–Kier alpha value is -3.44. The van der Waals surface area contributed by atoms with E-state index < -0.39 is 0 Å². The van der Waals surface area contributed by atoms with Crippen LogP contribution in [0.2, 0.25) is 0 Å². The van der Waals surface area contributed by atoms with Crippen molar-refractivity contribution in [3.05, 3.63) is 101 Å². The molecule has 144 valence electrons. The van der Waals surface area contributed by atoms with Gasteiger partial charge in [0.1, 0.15) is 12.4 Å². The second kappa shape index (κ2) is 9.17. The third-order valence-corrected chi connectivity index (χ3v) is 5.12. The third-order valence-electron chi connectivity index (χ3n) is 4.37. The molecule has 0 radical (unpaired) electrons. The lowest BCUT2D eigenvalue weighted by Crippen LogP contribution is -1.99. The Morgan fingerprint density at radius 1 is 0.966 bits per heavy atom. The number of hydrogen-bond acceptors (Lipinski definition) is 5. The number of nitrogens with zero attached hydrogens (tertiary/aromatic N) is 2. The minimum absolute atomic E-state index is 0.519. The lowest BCUT2D eigenvalue weighted by Gasteiger charge is -2.08. The molecule has 0 atom stereocenters. The zero-order valence-electron chi connectivity index (χ0n) is 16.1. The van der Waals surface area contributed by atoms with Crippen LogP contribution < -0.4 is 10.2 Å². The fourth-order valence-electron chi connectivity index (χ4n) is 2.79. The summed E-state index contributed by atoms with van der Waals surface area (Å²) in [5.41, 5.74) is 8.33. The molecule has 4 nitrogen and oxygen atoms in total. The third kappa shape index (κ3) is 5.09. The van der Waals surface area contributed by atoms with E-state index >= 15 is 0 Å². The fraction of sp³-hybridized carbons (Fsp3) is 0.0833. The first-order chi connectivity index (χ1) is 14.3. The number of anilines is 1. The van der Waals surface area contributed by atoms with Gasteiger partial charge in [-0.05, 0) is 24.6 Å². The van der Waals surface area contributed by atoms with Crippen molar-refractivity contribution in [2.45, 2.75) is 13.5 Å². The summed E-state index contributed by atoms with van der Waals surface area (Å²) in [6.07, 6.45) is 1.76. The molecule has 29 heavy (non-hydrogen) atoms. The monoisotopic (exact) mass is 399 g/mol. The summed E-state index contributed by atoms with van der Waals surface area (Å²) in [7, 11) is 0. The van der Waals surface area contributed by atoms with Crippen LogP contribution in [-0.2, 0) is 6.61 Å². The van der Waals surface area contributed by atoms with Gasteiger partial charge in [0.05, 0.1) is 11.9 Å². The standard InChI is InChI=1S/C24H21N3OS/c1-18-11-13-20(14-12-18)22-17-29-24(26-22)27-25-15-21-9-5-6-10-23(21)28-16-19-7-3-2-4-8-19/h2-15,17H,16H2,1H3,(H,26,27)/b25-15+. The largest absolute Gasteiger partial charge is 0.488 e. The zero-order chi connectivity index (χ0) is 19.9. The lowest BCUT2D eigenvalue weighted by atomic mass is 10.1. The quantitative estimate of drug-likeness (QED) is 0.300. The van der Waals surface area contributed by atoms with Crippen LogP contribution in [0, 0.1) is 6.92 Å². The molecule has 5 heteroatoms. The molecule has 0 aliphatic heterocycles. The van der Waals surface area contributed by atoms with E-state index in [4.69, 9.17) is 4.74 Å². The van der Waals surface area contributed by atoms with Gasteiger partial charge in [-0.3, -0.25) is 5.43 Å². The Kier molecular flexibility index (Phi) is 5.98. The van der Waals surface area contributed by atoms with Gasteiger partial charge >= 0.3 is 0 Å². The topological polar surface area (TPSA) is 46.5 Å². The highest BCUT2D eigenvalue weighted by molar-refractivity contribution is 7.14. The lowest BCUT2D eigenvalue weighted by molar-refractivity contribution is 0.306. The highest BCUT2D eigenvalue weighted by atomic mass is 32.1. The number of hydrazone groups is 1. The van der Waals surface area contributed by atoms with Gasteiger partial charge in [-0.25, -0.2) is 4.98 Å². The molecule has 0 saturated heterocycles. The Labute approximate surface area is 174 Å². The molecule has 3 aromatic carbocycles. The van der Waals surface area contributed by atoms with Crippen molar-refractivity contribution in [2.24, 2.45) is 5.10 Å². The van der Waals surface area contributed by atoms with E-state index in [1.54, 1.807) is 6.21 Å². The normalized spacial score (nSPS) is 10.9. The summed E-state index contributed by atoms with van der Waals surface area (Å²) >= 11 is 1.53. The molecule has 0 saturated carbocycles. The number of para-hydroxylation sites is 1. The molecule has 0 amide bonds. The molecular formula is C24H21N3OS. The second-order valence-electron chi connectivity index (χ2n) is 6.59. The van der Waals surface area contributed by atoms with Crippen molar-refractivity contribution in [2.75, 3.05) is 5.43 Å². The first-order valence-corrected chi connectivity index (χ1v) is 10.2. The maximum Gasteiger partial charge on any atom is 0.203 e. The van der Waals surface area contributed by atoms with Gasteiger partial charge in [-0.2, -0.15) is 5.10 Å². The number of aromatic nitrogens is 1. The van der Waals surface area contributed by atoms with Crippen molar-refractivity contribution in [3.8, 4) is 17.0 Å². The van der Waals surface area contributed by atoms with Gasteiger partial charge < -0.3 is 4.74 Å². The van der Waals surface area contributed by atoms with Crippen molar-refractivity contribution in [1.82, 2.24) is 4.98 Å². The fourth-order valence-corrected chi connectivity index (χ4v) is 3.46. The summed E-state index contributed by atoms with van der Waals surface area (Å²) in [5.74, 6) is 0.793. The molecule has 4 rings (SSSR count). The molecule has 0 unspecified atom stereocenters. The average molecular weight is 400 g/mol. The van der Waals surface area contributed by atoms with Gasteiger partial charge in [0.15, 0.2) is 0 Å². The van der Waals surface area contributed by atoms with E-state index in [0.717, 1.165) is 33.3 Å². The van der Waals surface area contributed by atoms with Crippen molar-refractivity contribution in [3.63, 3.8) is 0 Å². The molecule has 0 fully saturated rings. The maximum atomic E-state index is 5.97. The van der Waals surface area contributed by atoms with Crippen LogP contribution >= 0.6 is 11.3 Å². The maximum absolute atomic E-state index is 5.97. The van der Waals surface area contributed by atoms with Crippen LogP contribution in [0.15, 0.2) is 89.3 Å². The Morgan fingerprint density at radius 3 is 2.55 bits per heavy atom. The second-order valence-corrected chi connectivity index (χ2v) is 7.44. The Balaban J connectivity index is 1.40. The molecule has 0 aliphatic rings. The predicted octanol–water partition coefficient (Wildman–Crippen LogP) is 6.14. The van der Waals surface area contributed by atoms with Crippen LogP contribution in [0.4, 0.5) is 5.13 Å². The zero-order valence-corrected chi connectivity index (χ0v) is 16.9. The van der Waals surface area contributed by atoms with Crippen LogP contribution in [0.5, 0.6) is 5.75 Å². The molecular weight excluding hydrogens is 378 g/mol. The molecule has 0 bridgehead atoms. The molecule has 4 aromatic rings. The summed E-state index contributed by atoms with van der Waals surface area (Å²) in [4.78, 5) is 4.60. The van der Waals surface area contributed by atoms with Crippen molar-refractivity contribution >= 4 is 22.7 Å². The minimum atomic E-state index is 0.519. The molecule has 0 spiro atoms. The first-order valence-electron chi connectivity index (χ1n) is 9.35.